The van der Waals surface area contributed by atoms with Crippen molar-refractivity contribution in [2.75, 3.05) is 44.7 Å². The summed E-state index contributed by atoms with van der Waals surface area (Å²) in [5.74, 6) is 2.38. The van der Waals surface area contributed by atoms with E-state index in [4.69, 9.17) is 4.74 Å². The highest BCUT2D eigenvalue weighted by Crippen LogP contribution is 2.37. The zero-order chi connectivity index (χ0) is 19.3. The summed E-state index contributed by atoms with van der Waals surface area (Å²) < 4.78 is 5.29. The molecule has 3 heteroatoms. The highest BCUT2D eigenvalue weighted by molar-refractivity contribution is 5.57. The minimum absolute atomic E-state index is 0.704. The van der Waals surface area contributed by atoms with Crippen LogP contribution in [0.4, 0.5) is 5.69 Å². The van der Waals surface area contributed by atoms with Gasteiger partial charge in [0, 0.05) is 18.8 Å². The molecule has 0 saturated carbocycles. The normalized spacial score (nSPS) is 20.8. The van der Waals surface area contributed by atoms with E-state index in [2.05, 4.69) is 65.3 Å². The van der Waals surface area contributed by atoms with E-state index in [1.54, 1.807) is 12.7 Å². The van der Waals surface area contributed by atoms with Crippen LogP contribution in [0.25, 0.3) is 0 Å². The fourth-order valence-corrected chi connectivity index (χ4v) is 5.04. The quantitative estimate of drug-likeness (QED) is 0.680. The van der Waals surface area contributed by atoms with Crippen molar-refractivity contribution >= 4 is 5.69 Å². The lowest BCUT2D eigenvalue weighted by Gasteiger charge is -2.37. The molecule has 0 aromatic heterocycles. The van der Waals surface area contributed by atoms with Gasteiger partial charge in [-0.3, -0.25) is 0 Å². The standard InChI is InChI=1S/C25H34N2O/c1-3-27-19-15-22(24-6-4-5-7-25(24)27)14-18-26-16-12-21(13-17-26)20-8-10-23(28-2)11-9-20/h4-11,21-22H,3,12-19H2,1-2H3. The molecule has 28 heavy (non-hydrogen) atoms. The number of rotatable bonds is 6. The minimum atomic E-state index is 0.704. The Bertz CT molecular complexity index is 749. The van der Waals surface area contributed by atoms with Crippen LogP contribution in [-0.2, 0) is 0 Å². The second kappa shape index (κ2) is 9.00. The zero-order valence-electron chi connectivity index (χ0n) is 17.4. The summed E-state index contributed by atoms with van der Waals surface area (Å²) in [6.45, 7) is 8.28. The topological polar surface area (TPSA) is 15.7 Å². The van der Waals surface area contributed by atoms with Gasteiger partial charge >= 0.3 is 0 Å². The number of likely N-dealkylation sites (tertiary alicyclic amines) is 1. The maximum absolute atomic E-state index is 5.29. The molecule has 4 rings (SSSR count). The maximum atomic E-state index is 5.29. The summed E-state index contributed by atoms with van der Waals surface area (Å²) in [5.41, 5.74) is 4.52. The number of fused-ring (bicyclic) bond motifs is 1. The monoisotopic (exact) mass is 378 g/mol. The number of hydrogen-bond donors (Lipinski definition) is 0. The maximum Gasteiger partial charge on any atom is 0.118 e. The Morgan fingerprint density at radius 1 is 0.929 bits per heavy atom. The Morgan fingerprint density at radius 2 is 1.68 bits per heavy atom. The van der Waals surface area contributed by atoms with Crippen molar-refractivity contribution in [2.45, 2.75) is 44.4 Å². The Kier molecular flexibility index (Phi) is 6.21. The van der Waals surface area contributed by atoms with Crippen LogP contribution < -0.4 is 9.64 Å². The number of benzene rings is 2. The highest BCUT2D eigenvalue weighted by atomic mass is 16.5. The number of hydrogen-bond acceptors (Lipinski definition) is 3. The molecule has 1 saturated heterocycles. The van der Waals surface area contributed by atoms with Gasteiger partial charge in [0.2, 0.25) is 0 Å². The van der Waals surface area contributed by atoms with Crippen molar-refractivity contribution < 1.29 is 4.74 Å². The van der Waals surface area contributed by atoms with Crippen molar-refractivity contribution in [3.63, 3.8) is 0 Å². The van der Waals surface area contributed by atoms with Gasteiger partial charge in [0.1, 0.15) is 5.75 Å². The van der Waals surface area contributed by atoms with Gasteiger partial charge in [-0.1, -0.05) is 30.3 Å². The van der Waals surface area contributed by atoms with Gasteiger partial charge in [0.15, 0.2) is 0 Å². The molecule has 1 unspecified atom stereocenters. The van der Waals surface area contributed by atoms with Crippen molar-refractivity contribution in [1.29, 1.82) is 0 Å². The summed E-state index contributed by atoms with van der Waals surface area (Å²) in [6.07, 6.45) is 5.14. The van der Waals surface area contributed by atoms with E-state index >= 15 is 0 Å². The predicted molar refractivity (Wildman–Crippen MR) is 118 cm³/mol. The average Bonchev–Trinajstić information content (AvgIpc) is 2.78. The van der Waals surface area contributed by atoms with E-state index in [-0.39, 0.29) is 0 Å². The van der Waals surface area contributed by atoms with E-state index in [1.807, 2.05) is 0 Å². The molecule has 0 bridgehead atoms. The van der Waals surface area contributed by atoms with Crippen molar-refractivity contribution in [3.8, 4) is 5.75 Å². The summed E-state index contributed by atoms with van der Waals surface area (Å²) in [6, 6.07) is 17.8. The van der Waals surface area contributed by atoms with Crippen molar-refractivity contribution in [3.05, 3.63) is 59.7 Å². The van der Waals surface area contributed by atoms with Gasteiger partial charge in [0.25, 0.3) is 0 Å². The SMILES string of the molecule is CCN1CCC(CCN2CCC(c3ccc(OC)cc3)CC2)c2ccccc21. The second-order valence-corrected chi connectivity index (χ2v) is 8.30. The van der Waals surface area contributed by atoms with E-state index in [0.717, 1.165) is 18.2 Å². The number of para-hydroxylation sites is 1. The predicted octanol–water partition coefficient (Wildman–Crippen LogP) is 5.28. The largest absolute Gasteiger partial charge is 0.497 e. The van der Waals surface area contributed by atoms with Gasteiger partial charge in [-0.15, -0.1) is 0 Å². The third-order valence-electron chi connectivity index (χ3n) is 6.82. The third-order valence-corrected chi connectivity index (χ3v) is 6.82. The van der Waals surface area contributed by atoms with Crippen LogP contribution in [0.1, 0.15) is 55.6 Å². The fourth-order valence-electron chi connectivity index (χ4n) is 5.04. The average molecular weight is 379 g/mol. The first kappa shape index (κ1) is 19.3. The molecule has 2 aromatic carbocycles. The van der Waals surface area contributed by atoms with E-state index < -0.39 is 0 Å². The molecule has 1 atom stereocenters. The molecule has 1 fully saturated rings. The molecule has 0 amide bonds. The first-order valence-corrected chi connectivity index (χ1v) is 11.0. The van der Waals surface area contributed by atoms with Crippen LogP contribution in [-0.4, -0.2) is 44.7 Å². The first-order valence-electron chi connectivity index (χ1n) is 11.0. The number of nitrogens with zero attached hydrogens (tertiary/aromatic N) is 2. The fraction of sp³-hybridized carbons (Fsp3) is 0.520. The van der Waals surface area contributed by atoms with E-state index in [1.165, 1.54) is 63.1 Å². The van der Waals surface area contributed by atoms with Gasteiger partial charge in [-0.25, -0.2) is 0 Å². The van der Waals surface area contributed by atoms with Gasteiger partial charge in [-0.2, -0.15) is 0 Å². The number of ether oxygens (including phenoxy) is 1. The molecule has 0 radical (unpaired) electrons. The van der Waals surface area contributed by atoms with Crippen LogP contribution in [0.3, 0.4) is 0 Å². The number of piperidine rings is 1. The molecular formula is C25H34N2O. The van der Waals surface area contributed by atoms with Crippen LogP contribution in [0.2, 0.25) is 0 Å². The summed E-state index contributed by atoms with van der Waals surface area (Å²) >= 11 is 0. The van der Waals surface area contributed by atoms with Crippen LogP contribution in [0, 0.1) is 0 Å². The molecular weight excluding hydrogens is 344 g/mol. The minimum Gasteiger partial charge on any atom is -0.497 e. The summed E-state index contributed by atoms with van der Waals surface area (Å²) in [4.78, 5) is 5.22. The molecule has 2 heterocycles. The Morgan fingerprint density at radius 3 is 2.39 bits per heavy atom. The molecule has 0 N–H and O–H groups in total. The third kappa shape index (κ3) is 4.20. The molecule has 0 spiro atoms. The summed E-state index contributed by atoms with van der Waals surface area (Å²) in [7, 11) is 1.73. The number of anilines is 1. The first-order chi connectivity index (χ1) is 13.8. The molecule has 2 aromatic rings. The summed E-state index contributed by atoms with van der Waals surface area (Å²) in [5, 5.41) is 0. The highest BCUT2D eigenvalue weighted by Gasteiger charge is 2.26. The number of methoxy groups -OCH3 is 1. The van der Waals surface area contributed by atoms with Crippen molar-refractivity contribution in [1.82, 2.24) is 4.90 Å². The van der Waals surface area contributed by atoms with Crippen LogP contribution in [0.15, 0.2) is 48.5 Å². The second-order valence-electron chi connectivity index (χ2n) is 8.30. The Hall–Kier alpha value is -2.00. The van der Waals surface area contributed by atoms with E-state index in [0.29, 0.717) is 5.92 Å². The lowest BCUT2D eigenvalue weighted by Crippen LogP contribution is -2.36. The Balaban J connectivity index is 1.30. The zero-order valence-corrected chi connectivity index (χ0v) is 17.4. The molecule has 0 aliphatic carbocycles. The van der Waals surface area contributed by atoms with Gasteiger partial charge in [-0.05, 0) is 93.4 Å². The molecule has 150 valence electrons. The molecule has 3 nitrogen and oxygen atoms in total. The van der Waals surface area contributed by atoms with Crippen LogP contribution in [0.5, 0.6) is 5.75 Å². The van der Waals surface area contributed by atoms with E-state index in [9.17, 15) is 0 Å². The lowest BCUT2D eigenvalue weighted by atomic mass is 9.86. The van der Waals surface area contributed by atoms with Gasteiger partial charge < -0.3 is 14.5 Å². The van der Waals surface area contributed by atoms with Crippen LogP contribution >= 0.6 is 0 Å². The lowest BCUT2D eigenvalue weighted by molar-refractivity contribution is 0.204. The smallest absolute Gasteiger partial charge is 0.118 e. The Labute approximate surface area is 170 Å². The van der Waals surface area contributed by atoms with Gasteiger partial charge in [0.05, 0.1) is 7.11 Å². The molecule has 2 aliphatic rings. The van der Waals surface area contributed by atoms with Crippen molar-refractivity contribution in [2.24, 2.45) is 0 Å². The molecule has 2 aliphatic heterocycles.